The molecule has 0 saturated carbocycles. The first-order chi connectivity index (χ1) is 7.13. The zero-order valence-corrected chi connectivity index (χ0v) is 10.9. The van der Waals surface area contributed by atoms with Crippen LogP contribution in [-0.4, -0.2) is 36.6 Å². The van der Waals surface area contributed by atoms with E-state index in [1.54, 1.807) is 0 Å². The number of likely N-dealkylation sites (tertiary alicyclic amines) is 1. The van der Waals surface area contributed by atoms with Gasteiger partial charge in [0.25, 0.3) is 0 Å². The number of hydrogen-bond donors (Lipinski definition) is 1. The van der Waals surface area contributed by atoms with E-state index in [2.05, 4.69) is 38.0 Å². The molecule has 90 valence electrons. The van der Waals surface area contributed by atoms with Crippen molar-refractivity contribution in [1.82, 2.24) is 10.2 Å². The summed E-state index contributed by atoms with van der Waals surface area (Å²) in [6.07, 6.45) is 6.74. The minimum Gasteiger partial charge on any atom is -0.310 e. The Labute approximate surface area is 95.4 Å². The van der Waals surface area contributed by atoms with Crippen molar-refractivity contribution in [2.24, 2.45) is 0 Å². The van der Waals surface area contributed by atoms with Crippen molar-refractivity contribution >= 4 is 0 Å². The fraction of sp³-hybridized carbons (Fsp3) is 1.00. The number of rotatable bonds is 6. The Hall–Kier alpha value is -0.0800. The zero-order chi connectivity index (χ0) is 11.3. The molecule has 0 amide bonds. The Morgan fingerprint density at radius 3 is 2.67 bits per heavy atom. The van der Waals surface area contributed by atoms with Crippen LogP contribution in [0.25, 0.3) is 0 Å². The van der Waals surface area contributed by atoms with E-state index in [1.165, 1.54) is 38.6 Å². The molecule has 2 heteroatoms. The van der Waals surface area contributed by atoms with Crippen LogP contribution < -0.4 is 5.32 Å². The van der Waals surface area contributed by atoms with Gasteiger partial charge in [0.05, 0.1) is 0 Å². The molecule has 0 aromatic heterocycles. The van der Waals surface area contributed by atoms with E-state index in [4.69, 9.17) is 0 Å². The van der Waals surface area contributed by atoms with Gasteiger partial charge in [0.2, 0.25) is 0 Å². The highest BCUT2D eigenvalue weighted by molar-refractivity contribution is 4.86. The van der Waals surface area contributed by atoms with Crippen molar-refractivity contribution < 1.29 is 0 Å². The van der Waals surface area contributed by atoms with Gasteiger partial charge in [-0.05, 0) is 33.7 Å². The third-order valence-corrected chi connectivity index (χ3v) is 3.65. The Kier molecular flexibility index (Phi) is 5.62. The van der Waals surface area contributed by atoms with Gasteiger partial charge in [-0.25, -0.2) is 0 Å². The van der Waals surface area contributed by atoms with Gasteiger partial charge in [-0.2, -0.15) is 0 Å². The Bertz CT molecular complexity index is 160. The molecule has 3 atom stereocenters. The number of nitrogens with one attached hydrogen (secondary N) is 1. The first kappa shape index (κ1) is 13.0. The fourth-order valence-electron chi connectivity index (χ4n) is 2.50. The summed E-state index contributed by atoms with van der Waals surface area (Å²) in [4.78, 5) is 2.45. The lowest BCUT2D eigenvalue weighted by atomic mass is 10.1. The van der Waals surface area contributed by atoms with Crippen molar-refractivity contribution in [2.45, 2.75) is 71.0 Å². The molecule has 2 nitrogen and oxygen atoms in total. The summed E-state index contributed by atoms with van der Waals surface area (Å²) in [5.41, 5.74) is 0. The van der Waals surface area contributed by atoms with Crippen LogP contribution in [0.3, 0.4) is 0 Å². The van der Waals surface area contributed by atoms with Crippen molar-refractivity contribution in [3.8, 4) is 0 Å². The highest BCUT2D eigenvalue weighted by Crippen LogP contribution is 2.16. The summed E-state index contributed by atoms with van der Waals surface area (Å²) in [7, 11) is 2.23. The third-order valence-electron chi connectivity index (χ3n) is 3.65. The molecule has 1 N–H and O–H groups in total. The minimum atomic E-state index is 0.695. The van der Waals surface area contributed by atoms with E-state index in [1.807, 2.05) is 0 Å². The predicted molar refractivity (Wildman–Crippen MR) is 67.2 cm³/mol. The second kappa shape index (κ2) is 6.49. The summed E-state index contributed by atoms with van der Waals surface area (Å²) < 4.78 is 0. The standard InChI is InChI=1S/C13H28N2/c1-5-6-7-8-11(2)14-13-9-12(3)15(4)10-13/h11-14H,5-10H2,1-4H3. The lowest BCUT2D eigenvalue weighted by Gasteiger charge is -2.19. The van der Waals surface area contributed by atoms with E-state index in [0.717, 1.165) is 12.1 Å². The van der Waals surface area contributed by atoms with Crippen molar-refractivity contribution in [3.63, 3.8) is 0 Å². The van der Waals surface area contributed by atoms with Crippen LogP contribution in [-0.2, 0) is 0 Å². The molecule has 1 rings (SSSR count). The average Bonchev–Trinajstić information content (AvgIpc) is 2.46. The van der Waals surface area contributed by atoms with E-state index < -0.39 is 0 Å². The molecule has 0 aliphatic carbocycles. The lowest BCUT2D eigenvalue weighted by Crippen LogP contribution is -2.38. The SMILES string of the molecule is CCCCCC(C)NC1CC(C)N(C)C1. The molecule has 15 heavy (non-hydrogen) atoms. The number of hydrogen-bond acceptors (Lipinski definition) is 2. The van der Waals surface area contributed by atoms with Crippen LogP contribution >= 0.6 is 0 Å². The maximum atomic E-state index is 3.76. The molecule has 0 aromatic carbocycles. The Morgan fingerprint density at radius 1 is 1.40 bits per heavy atom. The van der Waals surface area contributed by atoms with Gasteiger partial charge < -0.3 is 10.2 Å². The second-order valence-corrected chi connectivity index (χ2v) is 5.28. The van der Waals surface area contributed by atoms with E-state index >= 15 is 0 Å². The lowest BCUT2D eigenvalue weighted by molar-refractivity contribution is 0.324. The van der Waals surface area contributed by atoms with Gasteiger partial charge in [0.15, 0.2) is 0 Å². The first-order valence-electron chi connectivity index (χ1n) is 6.59. The molecule has 0 bridgehead atoms. The highest BCUT2D eigenvalue weighted by Gasteiger charge is 2.26. The van der Waals surface area contributed by atoms with Crippen LogP contribution in [0, 0.1) is 0 Å². The first-order valence-corrected chi connectivity index (χ1v) is 6.59. The molecular weight excluding hydrogens is 184 g/mol. The van der Waals surface area contributed by atoms with Crippen LogP contribution in [0.4, 0.5) is 0 Å². The predicted octanol–water partition coefficient (Wildman–Crippen LogP) is 2.64. The summed E-state index contributed by atoms with van der Waals surface area (Å²) in [5, 5.41) is 3.76. The largest absolute Gasteiger partial charge is 0.310 e. The van der Waals surface area contributed by atoms with Crippen molar-refractivity contribution in [2.75, 3.05) is 13.6 Å². The smallest absolute Gasteiger partial charge is 0.0212 e. The quantitative estimate of drug-likeness (QED) is 0.681. The number of unbranched alkanes of at least 4 members (excludes halogenated alkanes) is 2. The van der Waals surface area contributed by atoms with Gasteiger partial charge in [-0.3, -0.25) is 0 Å². The molecule has 0 spiro atoms. The monoisotopic (exact) mass is 212 g/mol. The summed E-state index contributed by atoms with van der Waals surface area (Å²) in [6.45, 7) is 8.15. The maximum Gasteiger partial charge on any atom is 0.0212 e. The zero-order valence-electron chi connectivity index (χ0n) is 10.9. The van der Waals surface area contributed by atoms with Crippen LogP contribution in [0.15, 0.2) is 0 Å². The maximum absolute atomic E-state index is 3.76. The van der Waals surface area contributed by atoms with Crippen LogP contribution in [0.5, 0.6) is 0 Å². The summed E-state index contributed by atoms with van der Waals surface area (Å²) >= 11 is 0. The third kappa shape index (κ3) is 4.52. The topological polar surface area (TPSA) is 15.3 Å². The van der Waals surface area contributed by atoms with Crippen LogP contribution in [0.1, 0.15) is 52.9 Å². The molecule has 3 unspecified atom stereocenters. The van der Waals surface area contributed by atoms with Crippen molar-refractivity contribution in [1.29, 1.82) is 0 Å². The van der Waals surface area contributed by atoms with Crippen LogP contribution in [0.2, 0.25) is 0 Å². The van der Waals surface area contributed by atoms with Gasteiger partial charge >= 0.3 is 0 Å². The van der Waals surface area contributed by atoms with E-state index in [9.17, 15) is 0 Å². The van der Waals surface area contributed by atoms with E-state index in [-0.39, 0.29) is 0 Å². The Morgan fingerprint density at radius 2 is 2.13 bits per heavy atom. The van der Waals surface area contributed by atoms with Gasteiger partial charge in [-0.15, -0.1) is 0 Å². The Balaban J connectivity index is 2.13. The molecule has 1 aliphatic rings. The summed E-state index contributed by atoms with van der Waals surface area (Å²) in [5.74, 6) is 0. The molecule has 1 heterocycles. The van der Waals surface area contributed by atoms with Gasteiger partial charge in [0, 0.05) is 24.7 Å². The van der Waals surface area contributed by atoms with Crippen molar-refractivity contribution in [3.05, 3.63) is 0 Å². The normalized spacial score (nSPS) is 29.6. The number of nitrogens with zero attached hydrogens (tertiary/aromatic N) is 1. The molecule has 1 fully saturated rings. The van der Waals surface area contributed by atoms with Gasteiger partial charge in [-0.1, -0.05) is 26.2 Å². The van der Waals surface area contributed by atoms with Gasteiger partial charge in [0.1, 0.15) is 0 Å². The number of likely N-dealkylation sites (N-methyl/N-ethyl adjacent to an activating group) is 1. The van der Waals surface area contributed by atoms with E-state index in [0.29, 0.717) is 6.04 Å². The molecule has 0 aromatic rings. The summed E-state index contributed by atoms with van der Waals surface area (Å²) in [6, 6.07) is 2.17. The molecule has 1 saturated heterocycles. The minimum absolute atomic E-state index is 0.695. The second-order valence-electron chi connectivity index (χ2n) is 5.28. The molecular formula is C13H28N2. The molecule has 1 aliphatic heterocycles. The molecule has 0 radical (unpaired) electrons. The average molecular weight is 212 g/mol. The fourth-order valence-corrected chi connectivity index (χ4v) is 2.50. The highest BCUT2D eigenvalue weighted by atomic mass is 15.2.